The number of anilines is 1. The van der Waals surface area contributed by atoms with Crippen molar-refractivity contribution in [2.45, 2.75) is 4.90 Å². The Hall–Kier alpha value is -2.95. The van der Waals surface area contributed by atoms with Crippen LogP contribution < -0.4 is 20.1 Å². The van der Waals surface area contributed by atoms with Crippen LogP contribution in [0.2, 0.25) is 0 Å². The van der Waals surface area contributed by atoms with E-state index >= 15 is 0 Å². The third-order valence-electron chi connectivity index (χ3n) is 3.96. The number of thiocarbonyl (C=S) groups is 1. The molecule has 0 spiro atoms. The minimum atomic E-state index is -3.51. The predicted molar refractivity (Wildman–Crippen MR) is 120 cm³/mol. The first-order valence-corrected chi connectivity index (χ1v) is 10.6. The summed E-state index contributed by atoms with van der Waals surface area (Å²) in [6.45, 7) is 0. The Morgan fingerprint density at radius 3 is 2.23 bits per heavy atom. The van der Waals surface area contributed by atoms with Crippen molar-refractivity contribution in [3.8, 4) is 11.5 Å². The van der Waals surface area contributed by atoms with Crippen LogP contribution in [0, 0.1) is 0 Å². The molecule has 2 aromatic rings. The highest BCUT2D eigenvalue weighted by Crippen LogP contribution is 2.27. The number of sulfonamides is 1. The predicted octanol–water partition coefficient (Wildman–Crippen LogP) is 2.48. The van der Waals surface area contributed by atoms with E-state index < -0.39 is 15.9 Å². The van der Waals surface area contributed by atoms with Gasteiger partial charge in [0.25, 0.3) is 0 Å². The van der Waals surface area contributed by atoms with Crippen LogP contribution in [-0.2, 0) is 14.8 Å². The summed E-state index contributed by atoms with van der Waals surface area (Å²) < 4.78 is 35.7. The van der Waals surface area contributed by atoms with Crippen molar-refractivity contribution in [2.75, 3.05) is 33.6 Å². The van der Waals surface area contributed by atoms with Gasteiger partial charge in [-0.05, 0) is 60.3 Å². The number of benzene rings is 2. The lowest BCUT2D eigenvalue weighted by atomic mass is 10.2. The molecular formula is C20H23N3O5S2. The first-order chi connectivity index (χ1) is 14.2. The average molecular weight is 450 g/mol. The molecule has 0 aliphatic heterocycles. The van der Waals surface area contributed by atoms with E-state index in [0.717, 1.165) is 9.87 Å². The molecule has 0 fully saturated rings. The van der Waals surface area contributed by atoms with Gasteiger partial charge < -0.3 is 14.8 Å². The molecule has 10 heteroatoms. The second-order valence-electron chi connectivity index (χ2n) is 6.20. The molecule has 160 valence electrons. The van der Waals surface area contributed by atoms with Gasteiger partial charge in [0.05, 0.1) is 19.1 Å². The highest BCUT2D eigenvalue weighted by molar-refractivity contribution is 7.89. The lowest BCUT2D eigenvalue weighted by molar-refractivity contribution is -0.115. The van der Waals surface area contributed by atoms with Crippen LogP contribution in [0.25, 0.3) is 6.08 Å². The molecule has 0 aliphatic carbocycles. The number of carbonyl (C=O) groups is 1. The minimum Gasteiger partial charge on any atom is -0.493 e. The van der Waals surface area contributed by atoms with Crippen LogP contribution >= 0.6 is 12.2 Å². The third-order valence-corrected chi connectivity index (χ3v) is 6.00. The van der Waals surface area contributed by atoms with Gasteiger partial charge in [0.2, 0.25) is 15.9 Å². The van der Waals surface area contributed by atoms with E-state index in [1.54, 1.807) is 43.5 Å². The van der Waals surface area contributed by atoms with Gasteiger partial charge in [-0.15, -0.1) is 0 Å². The van der Waals surface area contributed by atoms with Gasteiger partial charge in [-0.1, -0.05) is 6.07 Å². The molecule has 0 unspecified atom stereocenters. The Balaban J connectivity index is 1.96. The van der Waals surface area contributed by atoms with Crippen molar-refractivity contribution in [1.29, 1.82) is 0 Å². The molecular weight excluding hydrogens is 426 g/mol. The molecule has 2 rings (SSSR count). The quantitative estimate of drug-likeness (QED) is 0.495. The summed E-state index contributed by atoms with van der Waals surface area (Å²) in [6.07, 6.45) is 2.95. The molecule has 0 saturated carbocycles. The van der Waals surface area contributed by atoms with Crippen LogP contribution in [-0.4, -0.2) is 52.1 Å². The average Bonchev–Trinajstić information content (AvgIpc) is 2.72. The SMILES string of the molecule is COc1ccc(/C=C\C(=O)NC(=S)Nc2ccc(S(=O)(=O)N(C)C)cc2)cc1OC. The van der Waals surface area contributed by atoms with Crippen molar-refractivity contribution in [1.82, 2.24) is 9.62 Å². The summed E-state index contributed by atoms with van der Waals surface area (Å²) in [5.41, 5.74) is 1.29. The number of nitrogens with zero attached hydrogens (tertiary/aromatic N) is 1. The lowest BCUT2D eigenvalue weighted by Crippen LogP contribution is -2.32. The molecule has 2 N–H and O–H groups in total. The number of amides is 1. The maximum Gasteiger partial charge on any atom is 0.250 e. The normalized spacial score (nSPS) is 11.4. The van der Waals surface area contributed by atoms with Gasteiger partial charge in [0.1, 0.15) is 0 Å². The van der Waals surface area contributed by atoms with Crippen molar-refractivity contribution in [3.05, 3.63) is 54.1 Å². The number of carbonyl (C=O) groups excluding carboxylic acids is 1. The Kier molecular flexibility index (Phi) is 7.93. The van der Waals surface area contributed by atoms with Gasteiger partial charge in [-0.3, -0.25) is 10.1 Å². The number of hydrogen-bond donors (Lipinski definition) is 2. The fraction of sp³-hybridized carbons (Fsp3) is 0.200. The molecule has 1 amide bonds. The van der Waals surface area contributed by atoms with Crippen LogP contribution in [0.15, 0.2) is 53.4 Å². The first-order valence-electron chi connectivity index (χ1n) is 8.72. The Bertz CT molecular complexity index is 1050. The molecule has 30 heavy (non-hydrogen) atoms. The van der Waals surface area contributed by atoms with E-state index in [-0.39, 0.29) is 10.0 Å². The van der Waals surface area contributed by atoms with E-state index in [1.807, 2.05) is 0 Å². The van der Waals surface area contributed by atoms with Gasteiger partial charge in [-0.25, -0.2) is 12.7 Å². The summed E-state index contributed by atoms with van der Waals surface area (Å²) in [5.74, 6) is 0.722. The summed E-state index contributed by atoms with van der Waals surface area (Å²) in [5, 5.41) is 5.44. The molecule has 0 radical (unpaired) electrons. The van der Waals surface area contributed by atoms with Gasteiger partial charge in [0, 0.05) is 25.9 Å². The lowest BCUT2D eigenvalue weighted by Gasteiger charge is -2.12. The van der Waals surface area contributed by atoms with Crippen molar-refractivity contribution >= 4 is 45.0 Å². The number of nitrogens with one attached hydrogen (secondary N) is 2. The molecule has 0 bridgehead atoms. The van der Waals surface area contributed by atoms with Gasteiger partial charge >= 0.3 is 0 Å². The fourth-order valence-electron chi connectivity index (χ4n) is 2.37. The van der Waals surface area contributed by atoms with Crippen molar-refractivity contribution in [3.63, 3.8) is 0 Å². The molecule has 0 heterocycles. The summed E-state index contributed by atoms with van der Waals surface area (Å²) >= 11 is 5.12. The minimum absolute atomic E-state index is 0.0835. The number of hydrogen-bond acceptors (Lipinski definition) is 6. The third kappa shape index (κ3) is 6.02. The topological polar surface area (TPSA) is 97.0 Å². The van der Waals surface area contributed by atoms with Gasteiger partial charge in [-0.2, -0.15) is 0 Å². The summed E-state index contributed by atoms with van der Waals surface area (Å²) in [6, 6.07) is 11.3. The molecule has 0 aliphatic rings. The molecule has 0 saturated heterocycles. The van der Waals surface area contributed by atoms with Crippen molar-refractivity contribution in [2.24, 2.45) is 0 Å². The van der Waals surface area contributed by atoms with E-state index in [2.05, 4.69) is 10.6 Å². The molecule has 0 atom stereocenters. The van der Waals surface area contributed by atoms with Crippen LogP contribution in [0.1, 0.15) is 5.56 Å². The largest absolute Gasteiger partial charge is 0.493 e. The zero-order chi connectivity index (χ0) is 22.3. The van der Waals surface area contributed by atoms with Crippen LogP contribution in [0.4, 0.5) is 5.69 Å². The standard InChI is InChI=1S/C20H23N3O5S2/c1-23(2)30(25,26)16-9-7-15(8-10-16)21-20(29)22-19(24)12-6-14-5-11-17(27-3)18(13-14)28-4/h5-13H,1-4H3,(H2,21,22,24,29)/b12-6-. The zero-order valence-electron chi connectivity index (χ0n) is 17.0. The summed E-state index contributed by atoms with van der Waals surface area (Å²) in [7, 11) is 2.49. The maximum atomic E-state index is 12.1. The van der Waals surface area contributed by atoms with E-state index in [1.165, 1.54) is 39.4 Å². The second-order valence-corrected chi connectivity index (χ2v) is 8.76. The molecule has 2 aromatic carbocycles. The zero-order valence-corrected chi connectivity index (χ0v) is 18.6. The first kappa shape index (κ1) is 23.3. The highest BCUT2D eigenvalue weighted by atomic mass is 32.2. The monoisotopic (exact) mass is 449 g/mol. The smallest absolute Gasteiger partial charge is 0.250 e. The Labute approximate surface area is 181 Å². The van der Waals surface area contributed by atoms with E-state index in [0.29, 0.717) is 17.2 Å². The van der Waals surface area contributed by atoms with Gasteiger partial charge in [0.15, 0.2) is 16.6 Å². The maximum absolute atomic E-state index is 12.1. The van der Waals surface area contributed by atoms with E-state index in [4.69, 9.17) is 21.7 Å². The van der Waals surface area contributed by atoms with Crippen LogP contribution in [0.5, 0.6) is 11.5 Å². The van der Waals surface area contributed by atoms with E-state index in [9.17, 15) is 13.2 Å². The molecule has 0 aromatic heterocycles. The van der Waals surface area contributed by atoms with Crippen molar-refractivity contribution < 1.29 is 22.7 Å². The second kappa shape index (κ2) is 10.2. The Morgan fingerprint density at radius 2 is 1.67 bits per heavy atom. The highest BCUT2D eigenvalue weighted by Gasteiger charge is 2.16. The number of rotatable bonds is 7. The summed E-state index contributed by atoms with van der Waals surface area (Å²) in [4.78, 5) is 12.2. The fourth-order valence-corrected chi connectivity index (χ4v) is 3.49. The molecule has 8 nitrogen and oxygen atoms in total. The number of ether oxygens (including phenoxy) is 2. The van der Waals surface area contributed by atoms with Crippen LogP contribution in [0.3, 0.4) is 0 Å². The Morgan fingerprint density at radius 1 is 1.03 bits per heavy atom. The number of methoxy groups -OCH3 is 2.